The van der Waals surface area contributed by atoms with Crippen LogP contribution in [0.4, 0.5) is 14.6 Å². The third kappa shape index (κ3) is 4.04. The number of morpholine rings is 1. The van der Waals surface area contributed by atoms with Crippen molar-refractivity contribution in [2.75, 3.05) is 18.0 Å². The van der Waals surface area contributed by atoms with E-state index in [2.05, 4.69) is 10.1 Å². The van der Waals surface area contributed by atoms with E-state index in [-0.39, 0.29) is 34.1 Å². The number of benzene rings is 1. The molecule has 4 heterocycles. The smallest absolute Gasteiger partial charge is 0.277 e. The topological polar surface area (TPSA) is 77.6 Å². The van der Waals surface area contributed by atoms with E-state index >= 15 is 0 Å². The molecule has 3 aromatic heterocycles. The summed E-state index contributed by atoms with van der Waals surface area (Å²) in [6.07, 6.45) is 7.25. The first kappa shape index (κ1) is 23.1. The molecule has 36 heavy (non-hydrogen) atoms. The maximum Gasteiger partial charge on any atom is 0.277 e. The fourth-order valence-corrected chi connectivity index (χ4v) is 4.74. The highest BCUT2D eigenvalue weighted by molar-refractivity contribution is 6.31. The van der Waals surface area contributed by atoms with Crippen molar-refractivity contribution < 1.29 is 13.5 Å². The third-order valence-electron chi connectivity index (χ3n) is 6.59. The Morgan fingerprint density at radius 2 is 1.94 bits per heavy atom. The summed E-state index contributed by atoms with van der Waals surface area (Å²) in [7, 11) is 0. The van der Waals surface area contributed by atoms with Gasteiger partial charge in [0, 0.05) is 29.9 Å². The lowest BCUT2D eigenvalue weighted by atomic mass is 10.1. The molecule has 11 heteroatoms. The molecule has 0 radical (unpaired) electrons. The van der Waals surface area contributed by atoms with Gasteiger partial charge in [-0.2, -0.15) is 5.10 Å². The average Bonchev–Trinajstić information content (AvgIpc) is 3.58. The zero-order chi connectivity index (χ0) is 25.1. The highest BCUT2D eigenvalue weighted by Gasteiger charge is 2.31. The molecule has 0 amide bonds. The average molecular weight is 513 g/mol. The second-order valence-electron chi connectivity index (χ2n) is 9.41. The lowest BCUT2D eigenvalue weighted by molar-refractivity contribution is -0.0176. The van der Waals surface area contributed by atoms with Crippen molar-refractivity contribution in [1.29, 1.82) is 0 Å². The number of rotatable bonds is 4. The first-order valence-electron chi connectivity index (χ1n) is 11.8. The van der Waals surface area contributed by atoms with Crippen LogP contribution in [-0.4, -0.2) is 43.3 Å². The molecule has 1 saturated heterocycles. The Morgan fingerprint density at radius 1 is 1.14 bits per heavy atom. The van der Waals surface area contributed by atoms with Crippen molar-refractivity contribution in [1.82, 2.24) is 24.1 Å². The standard InChI is InChI=1S/C25H23ClF2N6O2/c1-13-9-32(11-20(36-13)15-8-29-34(10-15)17-4-5-17)21-12-33-24(30-14(2)22(26)25(33)35)23(31-21)18-6-3-16(27)7-19(18)28/h3,6-8,10,12-13,17,20H,4-5,9,11H2,1-2H3. The number of nitrogens with zero attached hydrogens (tertiary/aromatic N) is 6. The second kappa shape index (κ2) is 8.63. The summed E-state index contributed by atoms with van der Waals surface area (Å²) in [5.41, 5.74) is 1.07. The third-order valence-corrected chi connectivity index (χ3v) is 7.03. The number of anilines is 1. The fraction of sp³-hybridized carbons (Fsp3) is 0.360. The quantitative estimate of drug-likeness (QED) is 0.401. The van der Waals surface area contributed by atoms with E-state index in [1.165, 1.54) is 10.5 Å². The van der Waals surface area contributed by atoms with Gasteiger partial charge in [-0.15, -0.1) is 0 Å². The van der Waals surface area contributed by atoms with Gasteiger partial charge in [0.05, 0.1) is 36.8 Å². The SMILES string of the molecule is Cc1nc2c(-c3ccc(F)cc3F)nc(N3CC(C)OC(c4cnn(C5CC5)c4)C3)cn2c(=O)c1Cl. The number of hydrogen-bond acceptors (Lipinski definition) is 6. The fourth-order valence-electron chi connectivity index (χ4n) is 4.61. The lowest BCUT2D eigenvalue weighted by Crippen LogP contribution is -2.43. The van der Waals surface area contributed by atoms with E-state index in [4.69, 9.17) is 21.3 Å². The summed E-state index contributed by atoms with van der Waals surface area (Å²) >= 11 is 6.22. The number of fused-ring (bicyclic) bond motifs is 1. The van der Waals surface area contributed by atoms with Crippen LogP contribution in [0.2, 0.25) is 5.02 Å². The molecule has 0 bridgehead atoms. The lowest BCUT2D eigenvalue weighted by Gasteiger charge is -2.37. The summed E-state index contributed by atoms with van der Waals surface area (Å²) in [4.78, 5) is 24.2. The molecule has 1 aliphatic carbocycles. The van der Waals surface area contributed by atoms with Gasteiger partial charge in [0.25, 0.3) is 5.56 Å². The van der Waals surface area contributed by atoms with Gasteiger partial charge in [-0.05, 0) is 38.8 Å². The van der Waals surface area contributed by atoms with Gasteiger partial charge in [0.15, 0.2) is 5.65 Å². The summed E-state index contributed by atoms with van der Waals surface area (Å²) in [5.74, 6) is -1.08. The highest BCUT2D eigenvalue weighted by atomic mass is 35.5. The van der Waals surface area contributed by atoms with Crippen LogP contribution >= 0.6 is 11.6 Å². The Kier molecular flexibility index (Phi) is 5.53. The molecule has 1 aliphatic heterocycles. The molecule has 0 N–H and O–H groups in total. The van der Waals surface area contributed by atoms with Crippen LogP contribution in [0.15, 0.2) is 41.6 Å². The molecule has 8 nitrogen and oxygen atoms in total. The van der Waals surface area contributed by atoms with E-state index in [0.717, 1.165) is 30.5 Å². The Balaban J connectivity index is 1.47. The van der Waals surface area contributed by atoms with Crippen molar-refractivity contribution in [3.63, 3.8) is 0 Å². The maximum atomic E-state index is 14.9. The molecular formula is C25H23ClF2N6O2. The van der Waals surface area contributed by atoms with Crippen LogP contribution in [-0.2, 0) is 4.74 Å². The Labute approximate surface area is 210 Å². The minimum Gasteiger partial charge on any atom is -0.367 e. The minimum absolute atomic E-state index is 0.0316. The minimum atomic E-state index is -0.802. The van der Waals surface area contributed by atoms with Crippen LogP contribution in [0.1, 0.15) is 43.2 Å². The van der Waals surface area contributed by atoms with E-state index in [0.29, 0.717) is 30.6 Å². The Bertz CT molecular complexity index is 1550. The molecule has 2 aliphatic rings. The van der Waals surface area contributed by atoms with E-state index < -0.39 is 17.2 Å². The largest absolute Gasteiger partial charge is 0.367 e. The zero-order valence-electron chi connectivity index (χ0n) is 19.7. The molecule has 1 aromatic carbocycles. The number of aromatic nitrogens is 5. The van der Waals surface area contributed by atoms with Gasteiger partial charge < -0.3 is 9.64 Å². The van der Waals surface area contributed by atoms with E-state index in [1.807, 2.05) is 28.9 Å². The van der Waals surface area contributed by atoms with Crippen LogP contribution in [0.25, 0.3) is 16.9 Å². The molecule has 2 unspecified atom stereocenters. The van der Waals surface area contributed by atoms with Crippen LogP contribution < -0.4 is 10.5 Å². The van der Waals surface area contributed by atoms with Gasteiger partial charge in [-0.3, -0.25) is 13.9 Å². The summed E-state index contributed by atoms with van der Waals surface area (Å²) in [6.45, 7) is 4.50. The van der Waals surface area contributed by atoms with Crippen molar-refractivity contribution >= 4 is 23.1 Å². The normalized spacial score (nSPS) is 20.3. The van der Waals surface area contributed by atoms with Gasteiger partial charge in [0.1, 0.15) is 34.3 Å². The van der Waals surface area contributed by atoms with E-state index in [1.54, 1.807) is 13.1 Å². The number of aryl methyl sites for hydroxylation is 1. The van der Waals surface area contributed by atoms with Crippen molar-refractivity contribution in [3.8, 4) is 11.3 Å². The first-order chi connectivity index (χ1) is 17.3. The predicted octanol–water partition coefficient (Wildman–Crippen LogP) is 4.49. The summed E-state index contributed by atoms with van der Waals surface area (Å²) in [6, 6.07) is 3.68. The van der Waals surface area contributed by atoms with Crippen molar-refractivity contribution in [3.05, 3.63) is 75.1 Å². The number of ether oxygens (including phenoxy) is 1. The molecule has 2 fully saturated rings. The highest BCUT2D eigenvalue weighted by Crippen LogP contribution is 2.36. The first-order valence-corrected chi connectivity index (χ1v) is 12.2. The van der Waals surface area contributed by atoms with Crippen LogP contribution in [0.5, 0.6) is 0 Å². The Morgan fingerprint density at radius 3 is 2.69 bits per heavy atom. The Hall–Kier alpha value is -3.37. The van der Waals surface area contributed by atoms with E-state index in [9.17, 15) is 13.6 Å². The van der Waals surface area contributed by atoms with Crippen molar-refractivity contribution in [2.45, 2.75) is 44.9 Å². The predicted molar refractivity (Wildman–Crippen MR) is 130 cm³/mol. The molecular weight excluding hydrogens is 490 g/mol. The maximum absolute atomic E-state index is 14.9. The molecule has 4 aromatic rings. The van der Waals surface area contributed by atoms with Crippen LogP contribution in [0, 0.1) is 18.6 Å². The molecule has 0 spiro atoms. The molecule has 2 atom stereocenters. The number of halogens is 3. The van der Waals surface area contributed by atoms with Gasteiger partial charge >= 0.3 is 0 Å². The monoisotopic (exact) mass is 512 g/mol. The zero-order valence-corrected chi connectivity index (χ0v) is 20.4. The summed E-state index contributed by atoms with van der Waals surface area (Å²) in [5, 5.41) is 4.45. The molecule has 6 rings (SSSR count). The van der Waals surface area contributed by atoms with Gasteiger partial charge in [-0.1, -0.05) is 11.6 Å². The second-order valence-corrected chi connectivity index (χ2v) is 9.78. The summed E-state index contributed by atoms with van der Waals surface area (Å²) < 4.78 is 38.0. The molecule has 1 saturated carbocycles. The number of hydrogen-bond donors (Lipinski definition) is 0. The van der Waals surface area contributed by atoms with Crippen molar-refractivity contribution in [2.24, 2.45) is 0 Å². The van der Waals surface area contributed by atoms with Gasteiger partial charge in [0.2, 0.25) is 0 Å². The van der Waals surface area contributed by atoms with Crippen LogP contribution in [0.3, 0.4) is 0 Å². The van der Waals surface area contributed by atoms with Gasteiger partial charge in [-0.25, -0.2) is 18.7 Å². The molecule has 186 valence electrons.